The van der Waals surface area contributed by atoms with Gasteiger partial charge in [-0.05, 0) is 38.9 Å². The van der Waals surface area contributed by atoms with Crippen molar-refractivity contribution in [2.24, 2.45) is 0 Å². The van der Waals surface area contributed by atoms with Gasteiger partial charge in [0.2, 0.25) is 0 Å². The Hall–Kier alpha value is -0.610. The van der Waals surface area contributed by atoms with Crippen LogP contribution < -0.4 is 5.32 Å². The van der Waals surface area contributed by atoms with Crippen molar-refractivity contribution in [1.82, 2.24) is 10.2 Å². The number of ether oxygens (including phenoxy) is 1. The quantitative estimate of drug-likeness (QED) is 0.0549. The zero-order valence-electron chi connectivity index (χ0n) is 30.7. The van der Waals surface area contributed by atoms with Gasteiger partial charge in [-0.25, -0.2) is 0 Å². The monoisotopic (exact) mass is 623 g/mol. The number of hydrogen-bond acceptors (Lipinski definition) is 4. The number of rotatable bonds is 38. The third-order valence-corrected chi connectivity index (χ3v) is 9.26. The molecule has 0 aromatic rings. The maximum atomic E-state index is 12.6. The molecular weight excluding hydrogens is 540 g/mol. The van der Waals surface area contributed by atoms with Gasteiger partial charge in [0, 0.05) is 6.54 Å². The Balaban J connectivity index is 3.99. The summed E-state index contributed by atoms with van der Waals surface area (Å²) in [6.07, 6.45) is 40.8. The number of hydrogen-bond donors (Lipinski definition) is 1. The van der Waals surface area contributed by atoms with Crippen molar-refractivity contribution < 1.29 is 9.53 Å². The lowest BCUT2D eigenvalue weighted by molar-refractivity contribution is -0.144. The van der Waals surface area contributed by atoms with Crippen molar-refractivity contribution in [3.8, 4) is 0 Å². The largest absolute Gasteiger partial charge is 0.463 e. The molecule has 4 nitrogen and oxygen atoms in total. The van der Waals surface area contributed by atoms with Gasteiger partial charge in [0.25, 0.3) is 0 Å². The smallest absolute Gasteiger partial charge is 0.320 e. The number of unbranched alkanes of at least 4 members (excludes halogenated alkanes) is 27. The number of nitrogens with zero attached hydrogens (tertiary/aromatic N) is 1. The van der Waals surface area contributed by atoms with Gasteiger partial charge >= 0.3 is 5.97 Å². The molecule has 0 spiro atoms. The zero-order valence-corrected chi connectivity index (χ0v) is 30.7. The van der Waals surface area contributed by atoms with E-state index in [0.717, 1.165) is 26.2 Å². The van der Waals surface area contributed by atoms with Crippen LogP contribution in [0.3, 0.4) is 0 Å². The molecule has 1 N–H and O–H groups in total. The molecule has 264 valence electrons. The van der Waals surface area contributed by atoms with E-state index in [1.165, 1.54) is 193 Å². The second-order valence-corrected chi connectivity index (χ2v) is 13.8. The van der Waals surface area contributed by atoms with Gasteiger partial charge in [-0.15, -0.1) is 0 Å². The molecule has 0 saturated carbocycles. The number of carbonyl (C=O) groups excluding carboxylic acids is 1. The Morgan fingerprint density at radius 3 is 1.11 bits per heavy atom. The van der Waals surface area contributed by atoms with Crippen LogP contribution in [0.4, 0.5) is 0 Å². The van der Waals surface area contributed by atoms with E-state index in [4.69, 9.17) is 4.74 Å². The normalized spacial score (nSPS) is 11.5. The molecule has 0 aliphatic heterocycles. The molecule has 0 atom stereocenters. The van der Waals surface area contributed by atoms with Crippen molar-refractivity contribution in [1.29, 1.82) is 0 Å². The van der Waals surface area contributed by atoms with Gasteiger partial charge in [-0.3, -0.25) is 9.69 Å². The molecule has 0 saturated heterocycles. The SMILES string of the molecule is CCCCCCCCCCCCNCCOC(=O)CN(CCCCCCCCCCCC)CCCCCCCCCCCC. The third kappa shape index (κ3) is 35.9. The first kappa shape index (κ1) is 43.4. The first-order valence-electron chi connectivity index (χ1n) is 20.3. The van der Waals surface area contributed by atoms with Gasteiger partial charge in [0.05, 0.1) is 6.54 Å². The average molecular weight is 623 g/mol. The molecule has 0 aliphatic carbocycles. The van der Waals surface area contributed by atoms with Crippen LogP contribution in [-0.4, -0.2) is 50.2 Å². The molecule has 0 radical (unpaired) electrons. The molecule has 0 aromatic carbocycles. The van der Waals surface area contributed by atoms with E-state index >= 15 is 0 Å². The van der Waals surface area contributed by atoms with E-state index in [9.17, 15) is 4.79 Å². The van der Waals surface area contributed by atoms with Crippen molar-refractivity contribution in [3.05, 3.63) is 0 Å². The lowest BCUT2D eigenvalue weighted by Crippen LogP contribution is -2.34. The van der Waals surface area contributed by atoms with Gasteiger partial charge in [-0.1, -0.05) is 194 Å². The Morgan fingerprint density at radius 2 is 0.750 bits per heavy atom. The number of esters is 1. The van der Waals surface area contributed by atoms with Crippen molar-refractivity contribution in [2.45, 2.75) is 213 Å². The van der Waals surface area contributed by atoms with Gasteiger partial charge in [0.15, 0.2) is 0 Å². The highest BCUT2D eigenvalue weighted by atomic mass is 16.5. The molecule has 0 amide bonds. The highest BCUT2D eigenvalue weighted by Gasteiger charge is 2.11. The molecule has 0 heterocycles. The lowest BCUT2D eigenvalue weighted by Gasteiger charge is -2.21. The fraction of sp³-hybridized carbons (Fsp3) is 0.975. The molecular formula is C40H82N2O2. The van der Waals surface area contributed by atoms with Crippen molar-refractivity contribution >= 4 is 5.97 Å². The van der Waals surface area contributed by atoms with Crippen LogP contribution >= 0.6 is 0 Å². The Morgan fingerprint density at radius 1 is 0.432 bits per heavy atom. The first-order valence-corrected chi connectivity index (χ1v) is 20.3. The Bertz CT molecular complexity index is 517. The summed E-state index contributed by atoms with van der Waals surface area (Å²) >= 11 is 0. The predicted molar refractivity (Wildman–Crippen MR) is 196 cm³/mol. The Kier molecular flexibility index (Phi) is 38.0. The summed E-state index contributed by atoms with van der Waals surface area (Å²) in [6.45, 7) is 11.7. The minimum atomic E-state index is -0.0371. The number of nitrogens with one attached hydrogen (secondary N) is 1. The van der Waals surface area contributed by atoms with E-state index in [1.54, 1.807) is 0 Å². The second-order valence-electron chi connectivity index (χ2n) is 13.8. The molecule has 44 heavy (non-hydrogen) atoms. The average Bonchev–Trinajstić information content (AvgIpc) is 3.02. The van der Waals surface area contributed by atoms with E-state index in [2.05, 4.69) is 31.0 Å². The molecule has 0 unspecified atom stereocenters. The van der Waals surface area contributed by atoms with Gasteiger partial charge in [-0.2, -0.15) is 0 Å². The summed E-state index contributed by atoms with van der Waals surface area (Å²) in [4.78, 5) is 15.0. The Labute approximate surface area is 278 Å². The molecule has 0 aromatic heterocycles. The van der Waals surface area contributed by atoms with E-state index in [-0.39, 0.29) is 5.97 Å². The minimum absolute atomic E-state index is 0.0371. The van der Waals surface area contributed by atoms with Crippen LogP contribution in [0.1, 0.15) is 213 Å². The van der Waals surface area contributed by atoms with E-state index in [1.807, 2.05) is 0 Å². The van der Waals surface area contributed by atoms with Crippen molar-refractivity contribution in [3.63, 3.8) is 0 Å². The maximum absolute atomic E-state index is 12.6. The molecule has 0 rings (SSSR count). The summed E-state index contributed by atoms with van der Waals surface area (Å²) < 4.78 is 5.63. The standard InChI is InChI=1S/C40H82N2O2/c1-4-7-10-13-16-19-22-25-28-31-34-41-35-38-44-40(43)39-42(36-32-29-26-23-20-17-14-11-8-5-2)37-33-30-27-24-21-18-15-12-9-6-3/h41H,4-39H2,1-3H3. The third-order valence-electron chi connectivity index (χ3n) is 9.26. The number of carbonyl (C=O) groups is 1. The summed E-state index contributed by atoms with van der Waals surface area (Å²) in [5.41, 5.74) is 0. The van der Waals surface area contributed by atoms with E-state index in [0.29, 0.717) is 13.2 Å². The summed E-state index contributed by atoms with van der Waals surface area (Å²) in [7, 11) is 0. The zero-order chi connectivity index (χ0) is 32.0. The van der Waals surface area contributed by atoms with Gasteiger partial charge in [0.1, 0.15) is 6.61 Å². The van der Waals surface area contributed by atoms with Crippen LogP contribution in [-0.2, 0) is 9.53 Å². The van der Waals surface area contributed by atoms with Crippen molar-refractivity contribution in [2.75, 3.05) is 39.3 Å². The fourth-order valence-electron chi connectivity index (χ4n) is 6.24. The van der Waals surface area contributed by atoms with Crippen LogP contribution in [0.5, 0.6) is 0 Å². The van der Waals surface area contributed by atoms with Crippen LogP contribution in [0.15, 0.2) is 0 Å². The molecule has 4 heteroatoms. The van der Waals surface area contributed by atoms with Crippen LogP contribution in [0, 0.1) is 0 Å². The summed E-state index contributed by atoms with van der Waals surface area (Å²) in [6, 6.07) is 0. The molecule has 0 fully saturated rings. The predicted octanol–water partition coefficient (Wildman–Crippen LogP) is 12.2. The highest BCUT2D eigenvalue weighted by Crippen LogP contribution is 2.13. The van der Waals surface area contributed by atoms with Crippen LogP contribution in [0.25, 0.3) is 0 Å². The maximum Gasteiger partial charge on any atom is 0.320 e. The van der Waals surface area contributed by atoms with Gasteiger partial charge < -0.3 is 10.1 Å². The lowest BCUT2D eigenvalue weighted by atomic mass is 10.1. The summed E-state index contributed by atoms with van der Waals surface area (Å²) in [5.74, 6) is -0.0371. The van der Waals surface area contributed by atoms with Crippen LogP contribution in [0.2, 0.25) is 0 Å². The van der Waals surface area contributed by atoms with E-state index < -0.39 is 0 Å². The molecule has 0 aliphatic rings. The summed E-state index contributed by atoms with van der Waals surface area (Å²) in [5, 5.41) is 3.47. The highest BCUT2D eigenvalue weighted by molar-refractivity contribution is 5.71. The topological polar surface area (TPSA) is 41.6 Å². The fourth-order valence-corrected chi connectivity index (χ4v) is 6.24. The first-order chi connectivity index (χ1) is 21.7. The molecule has 0 bridgehead atoms. The second kappa shape index (κ2) is 38.6. The minimum Gasteiger partial charge on any atom is -0.463 e.